The number of unbranched alkanes of at least 4 members (excludes halogenated alkanes) is 6. The first kappa shape index (κ1) is 19.2. The van der Waals surface area contributed by atoms with Crippen molar-refractivity contribution in [3.8, 4) is 0 Å². The summed E-state index contributed by atoms with van der Waals surface area (Å²) in [5.41, 5.74) is 0. The van der Waals surface area contributed by atoms with Crippen LogP contribution in [0, 0.1) is 0 Å². The molecule has 0 aliphatic rings. The smallest absolute Gasteiger partial charge is 0.315 e. The number of carbonyl (C=O) groups is 2. The fraction of sp³-hybridized carbons (Fsp3) is 0.857. The molecule has 0 heterocycles. The standard InChI is InChI=1S/C14H28N2O3S/c1-12(18)13(11-17)16-14(19)15-9-7-5-3-2-4-6-8-10-20/h13,17,20H,2-11H2,1H3,(H2,15,16,19)/t13-/m0/s1. The van der Waals surface area contributed by atoms with Gasteiger partial charge in [-0.2, -0.15) is 12.6 Å². The van der Waals surface area contributed by atoms with Gasteiger partial charge in [-0.25, -0.2) is 4.79 Å². The van der Waals surface area contributed by atoms with Crippen molar-refractivity contribution in [1.82, 2.24) is 10.6 Å². The van der Waals surface area contributed by atoms with E-state index in [2.05, 4.69) is 23.3 Å². The first-order chi connectivity index (χ1) is 9.61. The zero-order valence-electron chi connectivity index (χ0n) is 12.4. The van der Waals surface area contributed by atoms with Crippen LogP contribution in [-0.4, -0.2) is 41.9 Å². The molecular formula is C14H28N2O3S. The highest BCUT2D eigenvalue weighted by atomic mass is 32.1. The van der Waals surface area contributed by atoms with Crippen molar-refractivity contribution in [2.24, 2.45) is 0 Å². The van der Waals surface area contributed by atoms with E-state index in [-0.39, 0.29) is 12.4 Å². The Balaban J connectivity index is 3.41. The number of ketones is 1. The van der Waals surface area contributed by atoms with E-state index < -0.39 is 12.1 Å². The highest BCUT2D eigenvalue weighted by Gasteiger charge is 2.14. The van der Waals surface area contributed by atoms with Crippen LogP contribution in [0.3, 0.4) is 0 Å². The summed E-state index contributed by atoms with van der Waals surface area (Å²) < 4.78 is 0. The van der Waals surface area contributed by atoms with Crippen LogP contribution in [0.5, 0.6) is 0 Å². The van der Waals surface area contributed by atoms with Gasteiger partial charge in [0.25, 0.3) is 0 Å². The SMILES string of the molecule is CC(=O)[C@H](CO)NC(=O)NCCCCCCCCCS. The van der Waals surface area contributed by atoms with Gasteiger partial charge in [-0.1, -0.05) is 32.1 Å². The summed E-state index contributed by atoms with van der Waals surface area (Å²) in [5, 5.41) is 14.0. The minimum atomic E-state index is -0.804. The van der Waals surface area contributed by atoms with E-state index in [4.69, 9.17) is 5.11 Å². The first-order valence-corrected chi connectivity index (χ1v) is 8.01. The lowest BCUT2D eigenvalue weighted by Crippen LogP contribution is -2.47. The van der Waals surface area contributed by atoms with Crippen molar-refractivity contribution in [2.75, 3.05) is 18.9 Å². The molecule has 0 aliphatic heterocycles. The van der Waals surface area contributed by atoms with E-state index in [1.807, 2.05) is 0 Å². The average Bonchev–Trinajstić information content (AvgIpc) is 2.42. The van der Waals surface area contributed by atoms with Crippen LogP contribution in [0.15, 0.2) is 0 Å². The van der Waals surface area contributed by atoms with Crippen molar-refractivity contribution in [2.45, 2.75) is 57.9 Å². The van der Waals surface area contributed by atoms with E-state index >= 15 is 0 Å². The highest BCUT2D eigenvalue weighted by molar-refractivity contribution is 7.80. The number of urea groups is 1. The maximum absolute atomic E-state index is 11.4. The lowest BCUT2D eigenvalue weighted by atomic mass is 10.1. The van der Waals surface area contributed by atoms with Crippen LogP contribution in [0.2, 0.25) is 0 Å². The zero-order valence-corrected chi connectivity index (χ0v) is 13.3. The number of carbonyl (C=O) groups excluding carboxylic acids is 2. The van der Waals surface area contributed by atoms with Crippen LogP contribution in [0.1, 0.15) is 51.9 Å². The summed E-state index contributed by atoms with van der Waals surface area (Å²) in [5.74, 6) is 0.720. The molecule has 0 radical (unpaired) electrons. The molecule has 118 valence electrons. The first-order valence-electron chi connectivity index (χ1n) is 7.38. The predicted molar refractivity (Wildman–Crippen MR) is 84.3 cm³/mol. The Morgan fingerprint density at radius 1 is 1.05 bits per heavy atom. The number of hydrogen-bond acceptors (Lipinski definition) is 4. The van der Waals surface area contributed by atoms with E-state index in [9.17, 15) is 9.59 Å². The molecule has 0 spiro atoms. The van der Waals surface area contributed by atoms with Crippen LogP contribution in [0.25, 0.3) is 0 Å². The summed E-state index contributed by atoms with van der Waals surface area (Å²) in [7, 11) is 0. The molecule has 0 saturated carbocycles. The Hall–Kier alpha value is -0.750. The second-order valence-corrected chi connectivity index (χ2v) is 5.39. The fourth-order valence-corrected chi connectivity index (χ4v) is 2.03. The number of rotatable bonds is 12. The van der Waals surface area contributed by atoms with Gasteiger partial charge in [0.1, 0.15) is 6.04 Å². The van der Waals surface area contributed by atoms with Gasteiger partial charge < -0.3 is 15.7 Å². The average molecular weight is 304 g/mol. The second-order valence-electron chi connectivity index (χ2n) is 4.94. The van der Waals surface area contributed by atoms with Crippen molar-refractivity contribution < 1.29 is 14.7 Å². The normalized spacial score (nSPS) is 11.9. The number of aliphatic hydroxyl groups excluding tert-OH is 1. The number of Topliss-reactive ketones (excluding diaryl/α,β-unsaturated/α-hetero) is 1. The summed E-state index contributed by atoms with van der Waals surface area (Å²) in [6.45, 7) is 1.57. The molecule has 0 aliphatic carbocycles. The molecule has 1 atom stereocenters. The van der Waals surface area contributed by atoms with Crippen LogP contribution in [-0.2, 0) is 4.79 Å². The molecular weight excluding hydrogens is 276 g/mol. The van der Waals surface area contributed by atoms with Gasteiger partial charge in [0.2, 0.25) is 0 Å². The van der Waals surface area contributed by atoms with Gasteiger partial charge in [0.05, 0.1) is 6.61 Å². The van der Waals surface area contributed by atoms with E-state index in [1.165, 1.54) is 39.0 Å². The highest BCUT2D eigenvalue weighted by Crippen LogP contribution is 2.07. The van der Waals surface area contributed by atoms with Gasteiger partial charge in [0, 0.05) is 6.54 Å². The molecule has 6 heteroatoms. The van der Waals surface area contributed by atoms with Gasteiger partial charge in [-0.05, 0) is 25.5 Å². The molecule has 0 saturated heterocycles. The summed E-state index contributed by atoms with van der Waals surface area (Å²) in [6.07, 6.45) is 8.14. The van der Waals surface area contributed by atoms with Gasteiger partial charge >= 0.3 is 6.03 Å². The largest absolute Gasteiger partial charge is 0.394 e. The maximum Gasteiger partial charge on any atom is 0.315 e. The Bertz CT molecular complexity index is 275. The summed E-state index contributed by atoms with van der Waals surface area (Å²) in [4.78, 5) is 22.5. The number of amides is 2. The molecule has 0 bridgehead atoms. The zero-order chi connectivity index (χ0) is 15.2. The summed E-state index contributed by atoms with van der Waals surface area (Å²) in [6, 6.07) is -1.20. The Kier molecular flexibility index (Phi) is 12.7. The van der Waals surface area contributed by atoms with Crippen molar-refractivity contribution in [3.63, 3.8) is 0 Å². The third kappa shape index (κ3) is 11.1. The fourth-order valence-electron chi connectivity index (χ4n) is 1.81. The molecule has 3 N–H and O–H groups in total. The molecule has 0 unspecified atom stereocenters. The number of thiol groups is 1. The topological polar surface area (TPSA) is 78.4 Å². The number of aliphatic hydroxyl groups is 1. The molecule has 0 aromatic carbocycles. The number of hydrogen-bond donors (Lipinski definition) is 4. The minimum absolute atomic E-state index is 0.246. The van der Waals surface area contributed by atoms with Crippen LogP contribution < -0.4 is 10.6 Å². The second kappa shape index (κ2) is 13.2. The lowest BCUT2D eigenvalue weighted by molar-refractivity contribution is -0.119. The summed E-state index contributed by atoms with van der Waals surface area (Å²) >= 11 is 4.17. The van der Waals surface area contributed by atoms with E-state index in [0.29, 0.717) is 6.54 Å². The van der Waals surface area contributed by atoms with E-state index in [0.717, 1.165) is 18.6 Å². The monoisotopic (exact) mass is 304 g/mol. The molecule has 5 nitrogen and oxygen atoms in total. The van der Waals surface area contributed by atoms with Gasteiger partial charge in [-0.15, -0.1) is 0 Å². The predicted octanol–water partition coefficient (Wildman–Crippen LogP) is 1.90. The molecule has 2 amide bonds. The third-order valence-electron chi connectivity index (χ3n) is 3.10. The molecule has 20 heavy (non-hydrogen) atoms. The number of nitrogens with one attached hydrogen (secondary N) is 2. The Morgan fingerprint density at radius 2 is 1.60 bits per heavy atom. The van der Waals surface area contributed by atoms with Gasteiger partial charge in [0.15, 0.2) is 5.78 Å². The minimum Gasteiger partial charge on any atom is -0.394 e. The van der Waals surface area contributed by atoms with Crippen molar-refractivity contribution in [3.05, 3.63) is 0 Å². The maximum atomic E-state index is 11.4. The van der Waals surface area contributed by atoms with Crippen LogP contribution >= 0.6 is 12.6 Å². The molecule has 0 aromatic rings. The lowest BCUT2D eigenvalue weighted by Gasteiger charge is -2.13. The van der Waals surface area contributed by atoms with E-state index in [1.54, 1.807) is 0 Å². The van der Waals surface area contributed by atoms with Crippen molar-refractivity contribution in [1.29, 1.82) is 0 Å². The Labute approximate surface area is 127 Å². The van der Waals surface area contributed by atoms with Crippen LogP contribution in [0.4, 0.5) is 4.79 Å². The Morgan fingerprint density at radius 3 is 2.10 bits per heavy atom. The van der Waals surface area contributed by atoms with Gasteiger partial charge in [-0.3, -0.25) is 4.79 Å². The third-order valence-corrected chi connectivity index (χ3v) is 3.42. The van der Waals surface area contributed by atoms with Crippen molar-refractivity contribution >= 4 is 24.4 Å². The quantitative estimate of drug-likeness (QED) is 0.328. The molecule has 0 fully saturated rings. The molecule has 0 rings (SSSR count). The molecule has 0 aromatic heterocycles.